The highest BCUT2D eigenvalue weighted by Crippen LogP contribution is 2.30. The third kappa shape index (κ3) is 6.54. The monoisotopic (exact) mass is 515 g/mol. The molecule has 0 spiro atoms. The van der Waals surface area contributed by atoms with Crippen LogP contribution < -0.4 is 15.5 Å². The first-order chi connectivity index (χ1) is 17.8. The van der Waals surface area contributed by atoms with E-state index in [1.807, 2.05) is 63.2 Å². The molecular weight excluding hydrogens is 486 g/mol. The Labute approximate surface area is 220 Å². The fourth-order valence-corrected chi connectivity index (χ4v) is 4.75. The summed E-state index contributed by atoms with van der Waals surface area (Å²) >= 11 is 1.30. The van der Waals surface area contributed by atoms with E-state index < -0.39 is 11.9 Å². The molecule has 0 saturated heterocycles. The van der Waals surface area contributed by atoms with Crippen LogP contribution in [-0.4, -0.2) is 24.3 Å². The lowest BCUT2D eigenvalue weighted by Crippen LogP contribution is -2.47. The number of nitrogens with zero attached hydrogens (tertiary/aromatic N) is 1. The highest BCUT2D eigenvalue weighted by atomic mass is 32.1. The van der Waals surface area contributed by atoms with Gasteiger partial charge in [0.25, 0.3) is 5.91 Å². The Hall–Kier alpha value is -4.17. The van der Waals surface area contributed by atoms with Gasteiger partial charge in [0.2, 0.25) is 11.8 Å². The van der Waals surface area contributed by atoms with Crippen molar-refractivity contribution in [3.63, 3.8) is 0 Å². The van der Waals surface area contributed by atoms with Crippen molar-refractivity contribution < 1.29 is 18.8 Å². The van der Waals surface area contributed by atoms with Crippen LogP contribution in [0.1, 0.15) is 43.7 Å². The molecule has 2 N–H and O–H groups in total. The molecule has 0 aliphatic heterocycles. The Kier molecular flexibility index (Phi) is 8.20. The number of amides is 3. The van der Waals surface area contributed by atoms with Crippen LogP contribution in [-0.2, 0) is 16.1 Å². The Morgan fingerprint density at radius 1 is 0.892 bits per heavy atom. The predicted molar refractivity (Wildman–Crippen MR) is 145 cm³/mol. The van der Waals surface area contributed by atoms with Crippen molar-refractivity contribution in [2.24, 2.45) is 0 Å². The zero-order chi connectivity index (χ0) is 26.4. The van der Waals surface area contributed by atoms with Crippen molar-refractivity contribution in [2.75, 3.05) is 11.4 Å². The second-order valence-electron chi connectivity index (χ2n) is 8.88. The van der Waals surface area contributed by atoms with E-state index in [-0.39, 0.29) is 24.9 Å². The SMILES string of the molecule is Cc1ccc([C@H](C(=O)NCc2ccco2)N(C(=O)CNC(=O)c2cccs2)c2cc(C)cc(C)c2)cc1. The molecule has 2 aromatic carbocycles. The molecule has 3 amide bonds. The van der Waals surface area contributed by atoms with E-state index in [4.69, 9.17) is 4.42 Å². The van der Waals surface area contributed by atoms with Crippen LogP contribution in [0.2, 0.25) is 0 Å². The van der Waals surface area contributed by atoms with E-state index in [2.05, 4.69) is 10.6 Å². The fourth-order valence-electron chi connectivity index (χ4n) is 4.11. The normalized spacial score (nSPS) is 11.5. The van der Waals surface area contributed by atoms with Crippen molar-refractivity contribution >= 4 is 34.7 Å². The summed E-state index contributed by atoms with van der Waals surface area (Å²) < 4.78 is 5.37. The number of furan rings is 1. The summed E-state index contributed by atoms with van der Waals surface area (Å²) in [6.07, 6.45) is 1.54. The number of carbonyl (C=O) groups is 3. The van der Waals surface area contributed by atoms with Crippen molar-refractivity contribution in [1.29, 1.82) is 0 Å². The van der Waals surface area contributed by atoms with Crippen molar-refractivity contribution in [1.82, 2.24) is 10.6 Å². The van der Waals surface area contributed by atoms with Crippen LogP contribution in [0.3, 0.4) is 0 Å². The van der Waals surface area contributed by atoms with Gasteiger partial charge >= 0.3 is 0 Å². The van der Waals surface area contributed by atoms with Gasteiger partial charge in [-0.2, -0.15) is 0 Å². The molecule has 190 valence electrons. The molecule has 4 rings (SSSR count). The van der Waals surface area contributed by atoms with Gasteiger partial charge in [-0.1, -0.05) is 42.0 Å². The Balaban J connectivity index is 1.71. The second-order valence-corrected chi connectivity index (χ2v) is 9.83. The van der Waals surface area contributed by atoms with Crippen molar-refractivity contribution in [3.8, 4) is 0 Å². The first-order valence-corrected chi connectivity index (χ1v) is 12.8. The smallest absolute Gasteiger partial charge is 0.261 e. The first-order valence-electron chi connectivity index (χ1n) is 11.9. The third-order valence-corrected chi connectivity index (χ3v) is 6.68. The lowest BCUT2D eigenvalue weighted by Gasteiger charge is -2.32. The lowest BCUT2D eigenvalue weighted by atomic mass is 10.0. The minimum atomic E-state index is -0.970. The highest BCUT2D eigenvalue weighted by Gasteiger charge is 2.33. The number of benzene rings is 2. The summed E-state index contributed by atoms with van der Waals surface area (Å²) in [7, 11) is 0. The summed E-state index contributed by atoms with van der Waals surface area (Å²) in [5, 5.41) is 7.42. The van der Waals surface area contributed by atoms with Crippen LogP contribution in [0.25, 0.3) is 0 Å². The van der Waals surface area contributed by atoms with Crippen LogP contribution in [0.4, 0.5) is 5.69 Å². The van der Waals surface area contributed by atoms with E-state index >= 15 is 0 Å². The van der Waals surface area contributed by atoms with Gasteiger partial charge in [0, 0.05) is 5.69 Å². The first kappa shape index (κ1) is 25.9. The molecule has 37 heavy (non-hydrogen) atoms. The minimum absolute atomic E-state index is 0.179. The second kappa shape index (κ2) is 11.7. The highest BCUT2D eigenvalue weighted by molar-refractivity contribution is 7.12. The lowest BCUT2D eigenvalue weighted by molar-refractivity contribution is -0.126. The van der Waals surface area contributed by atoms with E-state index in [0.29, 0.717) is 21.9 Å². The summed E-state index contributed by atoms with van der Waals surface area (Å²) in [6, 6.07) is 19.3. The van der Waals surface area contributed by atoms with Crippen LogP contribution >= 0.6 is 11.3 Å². The van der Waals surface area contributed by atoms with Gasteiger partial charge in [-0.15, -0.1) is 11.3 Å². The zero-order valence-electron chi connectivity index (χ0n) is 21.0. The molecule has 7 nitrogen and oxygen atoms in total. The van der Waals surface area contributed by atoms with Gasteiger partial charge in [-0.25, -0.2) is 0 Å². The Morgan fingerprint density at radius 3 is 2.24 bits per heavy atom. The van der Waals surface area contributed by atoms with E-state index in [1.165, 1.54) is 16.2 Å². The standard InChI is InChI=1S/C29H29N3O4S/c1-19-8-10-22(11-9-19)27(29(35)30-17-24-6-4-12-36-24)32(23-15-20(2)14-21(3)16-23)26(33)18-31-28(34)25-7-5-13-37-25/h4-16,27H,17-18H2,1-3H3,(H,30,35)(H,31,34)/t27-/m1/s1. The van der Waals surface area contributed by atoms with Gasteiger partial charge in [-0.05, 0) is 73.2 Å². The summed E-state index contributed by atoms with van der Waals surface area (Å²) in [5.41, 5.74) is 4.17. The Morgan fingerprint density at radius 2 is 1.62 bits per heavy atom. The predicted octanol–water partition coefficient (Wildman–Crippen LogP) is 5.09. The number of hydrogen-bond acceptors (Lipinski definition) is 5. The zero-order valence-corrected chi connectivity index (χ0v) is 21.8. The number of anilines is 1. The molecular formula is C29H29N3O4S. The molecule has 0 aliphatic carbocycles. The van der Waals surface area contributed by atoms with Crippen molar-refractivity contribution in [3.05, 3.63) is 111 Å². The summed E-state index contributed by atoms with van der Waals surface area (Å²) in [5.74, 6) is -0.507. The molecule has 4 aromatic rings. The van der Waals surface area contributed by atoms with Crippen LogP contribution in [0, 0.1) is 20.8 Å². The molecule has 0 aliphatic rings. The van der Waals surface area contributed by atoms with Gasteiger partial charge in [-0.3, -0.25) is 19.3 Å². The maximum atomic E-state index is 13.8. The maximum absolute atomic E-state index is 13.8. The van der Waals surface area contributed by atoms with E-state index in [0.717, 1.165) is 16.7 Å². The molecule has 1 atom stereocenters. The minimum Gasteiger partial charge on any atom is -0.467 e. The molecule has 8 heteroatoms. The topological polar surface area (TPSA) is 91.7 Å². The molecule has 0 fully saturated rings. The average molecular weight is 516 g/mol. The van der Waals surface area contributed by atoms with Gasteiger partial charge in [0.05, 0.1) is 24.2 Å². The maximum Gasteiger partial charge on any atom is 0.261 e. The van der Waals surface area contributed by atoms with Gasteiger partial charge in [0.1, 0.15) is 11.8 Å². The quantitative estimate of drug-likeness (QED) is 0.325. The molecule has 2 heterocycles. The number of nitrogens with one attached hydrogen (secondary N) is 2. The van der Waals surface area contributed by atoms with Crippen LogP contribution in [0.5, 0.6) is 0 Å². The molecule has 0 bridgehead atoms. The largest absolute Gasteiger partial charge is 0.467 e. The van der Waals surface area contributed by atoms with E-state index in [9.17, 15) is 14.4 Å². The molecule has 2 aromatic heterocycles. The molecule has 0 radical (unpaired) electrons. The number of rotatable bonds is 9. The summed E-state index contributed by atoms with van der Waals surface area (Å²) in [6.45, 7) is 5.75. The number of carbonyl (C=O) groups excluding carboxylic acids is 3. The van der Waals surface area contributed by atoms with E-state index in [1.54, 1.807) is 35.9 Å². The van der Waals surface area contributed by atoms with Gasteiger partial charge in [0.15, 0.2) is 0 Å². The van der Waals surface area contributed by atoms with Crippen molar-refractivity contribution in [2.45, 2.75) is 33.4 Å². The summed E-state index contributed by atoms with van der Waals surface area (Å²) in [4.78, 5) is 42.0. The Bertz CT molecular complexity index is 1340. The molecule has 0 saturated carbocycles. The third-order valence-electron chi connectivity index (χ3n) is 5.82. The fraction of sp³-hybridized carbons (Fsp3) is 0.207. The number of hydrogen-bond donors (Lipinski definition) is 2. The number of aryl methyl sites for hydroxylation is 3. The molecule has 0 unspecified atom stereocenters. The van der Waals surface area contributed by atoms with Crippen LogP contribution in [0.15, 0.2) is 82.8 Å². The average Bonchev–Trinajstić information content (AvgIpc) is 3.59. The number of thiophene rings is 1. The van der Waals surface area contributed by atoms with Gasteiger partial charge < -0.3 is 15.1 Å².